The molecule has 21 heteroatoms. The Kier molecular flexibility index (Phi) is 15.1. The van der Waals surface area contributed by atoms with Crippen LogP contribution in [-0.2, 0) is 37.0 Å². The average Bonchev–Trinajstić information content (AvgIpc) is 3.50. The van der Waals surface area contributed by atoms with Crippen LogP contribution in [0.5, 0.6) is 0 Å². The molecule has 0 unspecified atom stereocenters. The summed E-state index contributed by atoms with van der Waals surface area (Å²) in [5.74, 6) is -8.27. The Morgan fingerprint density at radius 2 is 1.44 bits per heavy atom. The second kappa shape index (κ2) is 17.2. The zero-order valence-corrected chi connectivity index (χ0v) is 23.7. The second-order valence-electron chi connectivity index (χ2n) is 8.95. The van der Waals surface area contributed by atoms with Crippen LogP contribution in [0.1, 0.15) is 29.1 Å². The quantitative estimate of drug-likeness (QED) is 0.374. The minimum atomic E-state index is -5.08. The zero-order chi connectivity index (χ0) is 34.6. The number of rotatable bonds is 5. The van der Waals surface area contributed by atoms with Crippen molar-refractivity contribution in [3.63, 3.8) is 0 Å². The summed E-state index contributed by atoms with van der Waals surface area (Å²) in [7, 11) is 0. The number of pyridine rings is 1. The van der Waals surface area contributed by atoms with Crippen LogP contribution in [0.25, 0.3) is 0 Å². The van der Waals surface area contributed by atoms with Crippen molar-refractivity contribution in [1.82, 2.24) is 14.9 Å². The highest BCUT2D eigenvalue weighted by atomic mass is 32.1. The van der Waals surface area contributed by atoms with Gasteiger partial charge in [-0.2, -0.15) is 39.5 Å². The number of halogens is 9. The fourth-order valence-electron chi connectivity index (χ4n) is 3.72. The monoisotopic (exact) mass is 687 g/mol. The summed E-state index contributed by atoms with van der Waals surface area (Å²) < 4.78 is 107. The Labute approximate surface area is 252 Å². The van der Waals surface area contributed by atoms with Crippen LogP contribution in [0.4, 0.5) is 39.5 Å². The van der Waals surface area contributed by atoms with Gasteiger partial charge >= 0.3 is 36.4 Å². The minimum absolute atomic E-state index is 0.124. The normalized spacial score (nSPS) is 19.8. The predicted octanol–water partition coefficient (Wildman–Crippen LogP) is 4.70. The maximum atomic E-state index is 10.6. The zero-order valence-electron chi connectivity index (χ0n) is 22.9. The molecule has 2 aliphatic rings. The van der Waals surface area contributed by atoms with Gasteiger partial charge in [-0.05, 0) is 37.5 Å². The number of aryl methyl sites for hydroxylation is 1. The fourth-order valence-corrected chi connectivity index (χ4v) is 4.32. The number of hydrogen-bond donors (Lipinski definition) is 3. The molecule has 2 saturated heterocycles. The Morgan fingerprint density at radius 3 is 1.87 bits per heavy atom. The van der Waals surface area contributed by atoms with E-state index in [4.69, 9.17) is 39.2 Å². The number of carboxylic acid groups (broad SMARTS) is 3. The van der Waals surface area contributed by atoms with E-state index in [0.29, 0.717) is 12.6 Å². The molecule has 0 aliphatic carbocycles. The highest BCUT2D eigenvalue weighted by Crippen LogP contribution is 2.32. The van der Waals surface area contributed by atoms with E-state index in [9.17, 15) is 39.5 Å². The molecule has 45 heavy (non-hydrogen) atoms. The van der Waals surface area contributed by atoms with Crippen molar-refractivity contribution in [2.45, 2.75) is 69.7 Å². The first kappa shape index (κ1) is 39.5. The molecule has 3 atom stereocenters. The van der Waals surface area contributed by atoms with Gasteiger partial charge in [-0.3, -0.25) is 9.88 Å². The average molecular weight is 688 g/mol. The Hall–Kier alpha value is -3.56. The molecule has 3 N–H and O–H groups in total. The van der Waals surface area contributed by atoms with Gasteiger partial charge < -0.3 is 24.8 Å². The lowest BCUT2D eigenvalue weighted by Crippen LogP contribution is -2.41. The number of thiazole rings is 1. The van der Waals surface area contributed by atoms with Crippen LogP contribution in [0, 0.1) is 6.92 Å². The Bertz CT molecular complexity index is 1170. The van der Waals surface area contributed by atoms with Crippen LogP contribution >= 0.6 is 11.3 Å². The largest absolute Gasteiger partial charge is 0.490 e. The molecular formula is C24H26F9N3O8S. The van der Waals surface area contributed by atoms with Gasteiger partial charge in [-0.1, -0.05) is 0 Å². The molecule has 4 rings (SSSR count). The molecule has 0 aromatic carbocycles. The lowest BCUT2D eigenvalue weighted by atomic mass is 10.0. The predicted molar refractivity (Wildman–Crippen MR) is 134 cm³/mol. The third kappa shape index (κ3) is 14.8. The van der Waals surface area contributed by atoms with E-state index < -0.39 is 36.4 Å². The number of carboxylic acids is 3. The van der Waals surface area contributed by atoms with Crippen LogP contribution in [0.2, 0.25) is 0 Å². The lowest BCUT2D eigenvalue weighted by Gasteiger charge is -2.32. The number of carbonyl (C=O) groups is 3. The summed E-state index contributed by atoms with van der Waals surface area (Å²) in [5, 5.41) is 24.5. The summed E-state index contributed by atoms with van der Waals surface area (Å²) >= 11 is 1.67. The van der Waals surface area contributed by atoms with Gasteiger partial charge in [0.15, 0.2) is 0 Å². The molecule has 0 spiro atoms. The van der Waals surface area contributed by atoms with Gasteiger partial charge in [0.2, 0.25) is 0 Å². The molecular weight excluding hydrogens is 661 g/mol. The van der Waals surface area contributed by atoms with E-state index >= 15 is 0 Å². The summed E-state index contributed by atoms with van der Waals surface area (Å²) in [6, 6.07) is 4.63. The van der Waals surface area contributed by atoms with E-state index in [0.717, 1.165) is 36.8 Å². The van der Waals surface area contributed by atoms with Gasteiger partial charge in [0.05, 0.1) is 23.4 Å². The first-order valence-electron chi connectivity index (χ1n) is 12.3. The number of nitrogens with zero attached hydrogens (tertiary/aromatic N) is 3. The molecule has 11 nitrogen and oxygen atoms in total. The smallest absolute Gasteiger partial charge is 0.475 e. The molecule has 2 fully saturated rings. The standard InChI is InChI=1S/C18H23N3O2S.3C2HF3O2/c1-13-20-15(12-24-13)11-23-17-10-21(9-14-4-6-19-7-5-14)16-3-2-8-22-18(16)17;3*3-2(4,5)1(6)7/h4-7,12,16-18H,2-3,8-11H2,1H3;3*(H,6,7)/t16-,17-,18+;;;/m1.../s1. The molecule has 0 radical (unpaired) electrons. The number of aliphatic carboxylic acids is 3. The number of alkyl halides is 9. The molecule has 0 bridgehead atoms. The van der Waals surface area contributed by atoms with Gasteiger partial charge in [0, 0.05) is 43.5 Å². The molecule has 2 aromatic rings. The molecule has 0 amide bonds. The van der Waals surface area contributed by atoms with Crippen LogP contribution in [0.3, 0.4) is 0 Å². The summed E-state index contributed by atoms with van der Waals surface area (Å²) in [4.78, 5) is 37.8. The van der Waals surface area contributed by atoms with Gasteiger partial charge in [0.25, 0.3) is 0 Å². The first-order chi connectivity index (χ1) is 20.6. The SMILES string of the molecule is Cc1nc(CO[C@@H]2CN(Cc3ccncc3)[C@@H]3CCCO[C@@H]32)cs1.O=C(O)C(F)(F)F.O=C(O)C(F)(F)F.O=C(O)C(F)(F)F. The van der Waals surface area contributed by atoms with E-state index in [-0.39, 0.29) is 12.2 Å². The van der Waals surface area contributed by atoms with Crippen molar-refractivity contribution in [1.29, 1.82) is 0 Å². The topological polar surface area (TPSA) is 159 Å². The first-order valence-corrected chi connectivity index (χ1v) is 13.2. The number of ether oxygens (including phenoxy) is 2. The minimum Gasteiger partial charge on any atom is -0.475 e. The molecule has 254 valence electrons. The van der Waals surface area contributed by atoms with Crippen molar-refractivity contribution in [3.8, 4) is 0 Å². The van der Waals surface area contributed by atoms with Crippen molar-refractivity contribution in [2.24, 2.45) is 0 Å². The Morgan fingerprint density at radius 1 is 0.956 bits per heavy atom. The maximum absolute atomic E-state index is 10.6. The number of fused-ring (bicyclic) bond motifs is 1. The van der Waals surface area contributed by atoms with Crippen molar-refractivity contribution in [3.05, 3.63) is 46.2 Å². The molecule has 2 aromatic heterocycles. The number of aromatic nitrogens is 2. The van der Waals surface area contributed by atoms with Crippen molar-refractivity contribution >= 4 is 29.2 Å². The Balaban J connectivity index is 0.000000396. The van der Waals surface area contributed by atoms with Crippen LogP contribution in [-0.4, -0.2) is 98.0 Å². The third-order valence-corrected chi connectivity index (χ3v) is 6.38. The highest BCUT2D eigenvalue weighted by molar-refractivity contribution is 7.09. The summed E-state index contributed by atoms with van der Waals surface area (Å²) in [6.07, 6.45) is -8.91. The maximum Gasteiger partial charge on any atom is 0.490 e. The van der Waals surface area contributed by atoms with Gasteiger partial charge in [0.1, 0.15) is 6.10 Å². The molecule has 4 heterocycles. The summed E-state index contributed by atoms with van der Waals surface area (Å²) in [6.45, 7) is 5.30. The van der Waals surface area contributed by atoms with E-state index in [2.05, 4.69) is 32.4 Å². The lowest BCUT2D eigenvalue weighted by molar-refractivity contribution is -0.193. The van der Waals surface area contributed by atoms with E-state index in [1.54, 1.807) is 11.3 Å². The van der Waals surface area contributed by atoms with Crippen LogP contribution < -0.4 is 0 Å². The van der Waals surface area contributed by atoms with E-state index in [1.165, 1.54) is 12.0 Å². The van der Waals surface area contributed by atoms with Gasteiger partial charge in [-0.25, -0.2) is 19.4 Å². The van der Waals surface area contributed by atoms with Gasteiger partial charge in [-0.15, -0.1) is 11.3 Å². The molecule has 2 aliphatic heterocycles. The third-order valence-electron chi connectivity index (χ3n) is 5.56. The number of likely N-dealkylation sites (tertiary alicyclic amines) is 1. The van der Waals surface area contributed by atoms with Crippen molar-refractivity contribution in [2.75, 3.05) is 13.2 Å². The second-order valence-corrected chi connectivity index (χ2v) is 10.0. The number of hydrogen-bond acceptors (Lipinski definition) is 9. The summed E-state index contributed by atoms with van der Waals surface area (Å²) in [5.41, 5.74) is 2.32. The molecule has 0 saturated carbocycles. The highest BCUT2D eigenvalue weighted by Gasteiger charge is 2.44. The van der Waals surface area contributed by atoms with E-state index in [1.807, 2.05) is 19.3 Å². The van der Waals surface area contributed by atoms with Crippen molar-refractivity contribution < 1.29 is 78.7 Å². The van der Waals surface area contributed by atoms with Crippen LogP contribution in [0.15, 0.2) is 29.9 Å². The fraction of sp³-hybridized carbons (Fsp3) is 0.542.